The molecule has 0 unspecified atom stereocenters. The van der Waals surface area contributed by atoms with Gasteiger partial charge >= 0.3 is 0 Å². The van der Waals surface area contributed by atoms with Crippen LogP contribution in [0.15, 0.2) is 12.4 Å². The third-order valence-corrected chi connectivity index (χ3v) is 1.95. The Balaban J connectivity index is 2.37. The quantitative estimate of drug-likeness (QED) is 0.671. The Hall–Kier alpha value is -0.870. The zero-order valence-electron chi connectivity index (χ0n) is 8.99. The number of rotatable bonds is 7. The van der Waals surface area contributed by atoms with E-state index in [0.717, 1.165) is 31.9 Å². The van der Waals surface area contributed by atoms with Crippen LogP contribution in [0.5, 0.6) is 0 Å². The lowest BCUT2D eigenvalue weighted by atomic mass is 10.4. The maximum absolute atomic E-state index is 5.32. The van der Waals surface area contributed by atoms with Crippen molar-refractivity contribution in [2.45, 2.75) is 33.5 Å². The Morgan fingerprint density at radius 2 is 2.36 bits per heavy atom. The molecule has 0 bridgehead atoms. The van der Waals surface area contributed by atoms with Crippen LogP contribution in [0.2, 0.25) is 0 Å². The van der Waals surface area contributed by atoms with Crippen LogP contribution < -0.4 is 5.32 Å². The van der Waals surface area contributed by atoms with Gasteiger partial charge in [-0.3, -0.25) is 0 Å². The smallest absolute Gasteiger partial charge is 0.124 e. The highest BCUT2D eigenvalue weighted by atomic mass is 16.5. The molecule has 1 N–H and O–H groups in total. The van der Waals surface area contributed by atoms with Crippen LogP contribution in [0.25, 0.3) is 0 Å². The van der Waals surface area contributed by atoms with Crippen molar-refractivity contribution >= 4 is 0 Å². The molecule has 0 aliphatic rings. The number of ether oxygens (including phenoxy) is 1. The molecule has 0 spiro atoms. The number of hydrogen-bond acceptors (Lipinski definition) is 3. The van der Waals surface area contributed by atoms with Crippen LogP contribution in [0.1, 0.15) is 26.1 Å². The van der Waals surface area contributed by atoms with E-state index < -0.39 is 0 Å². The molecule has 0 saturated heterocycles. The van der Waals surface area contributed by atoms with Crippen LogP contribution in [-0.2, 0) is 18.0 Å². The SMILES string of the molecule is CCCNCc1nccn1COCC. The fourth-order valence-electron chi connectivity index (χ4n) is 1.19. The molecule has 0 aliphatic heterocycles. The molecule has 0 aromatic carbocycles. The first kappa shape index (κ1) is 11.2. The normalized spacial score (nSPS) is 10.7. The van der Waals surface area contributed by atoms with Gasteiger partial charge < -0.3 is 14.6 Å². The lowest BCUT2D eigenvalue weighted by Crippen LogP contribution is -2.18. The molecular formula is C10H19N3O. The van der Waals surface area contributed by atoms with E-state index in [-0.39, 0.29) is 0 Å². The minimum atomic E-state index is 0.597. The second-order valence-electron chi connectivity index (χ2n) is 3.11. The van der Waals surface area contributed by atoms with Gasteiger partial charge in [-0.1, -0.05) is 6.92 Å². The van der Waals surface area contributed by atoms with Gasteiger partial charge in [0.2, 0.25) is 0 Å². The molecule has 0 aliphatic carbocycles. The van der Waals surface area contributed by atoms with Crippen molar-refractivity contribution in [1.29, 1.82) is 0 Å². The molecule has 1 rings (SSSR count). The molecule has 0 radical (unpaired) electrons. The molecule has 0 amide bonds. The molecule has 1 aromatic heterocycles. The van der Waals surface area contributed by atoms with Gasteiger partial charge in [0.15, 0.2) is 0 Å². The van der Waals surface area contributed by atoms with E-state index in [1.165, 1.54) is 0 Å². The average Bonchev–Trinajstić information content (AvgIpc) is 2.63. The van der Waals surface area contributed by atoms with E-state index in [1.807, 2.05) is 23.9 Å². The zero-order valence-corrected chi connectivity index (χ0v) is 8.99. The van der Waals surface area contributed by atoms with E-state index in [4.69, 9.17) is 4.74 Å². The number of imidazole rings is 1. The van der Waals surface area contributed by atoms with Gasteiger partial charge in [0.25, 0.3) is 0 Å². The maximum atomic E-state index is 5.32. The molecule has 1 aromatic rings. The molecular weight excluding hydrogens is 178 g/mol. The summed E-state index contributed by atoms with van der Waals surface area (Å²) < 4.78 is 7.34. The van der Waals surface area contributed by atoms with E-state index in [9.17, 15) is 0 Å². The van der Waals surface area contributed by atoms with Crippen molar-refractivity contribution in [2.24, 2.45) is 0 Å². The van der Waals surface area contributed by atoms with Gasteiger partial charge in [0.05, 0.1) is 6.54 Å². The fraction of sp³-hybridized carbons (Fsp3) is 0.700. The Kier molecular flexibility index (Phi) is 5.25. The van der Waals surface area contributed by atoms with E-state index in [2.05, 4.69) is 17.2 Å². The molecule has 4 heteroatoms. The largest absolute Gasteiger partial charge is 0.361 e. The summed E-state index contributed by atoms with van der Waals surface area (Å²) in [7, 11) is 0. The Morgan fingerprint density at radius 1 is 1.50 bits per heavy atom. The third-order valence-electron chi connectivity index (χ3n) is 1.95. The molecule has 0 saturated carbocycles. The molecule has 14 heavy (non-hydrogen) atoms. The van der Waals surface area contributed by atoms with E-state index in [1.54, 1.807) is 0 Å². The van der Waals surface area contributed by atoms with Crippen molar-refractivity contribution in [3.63, 3.8) is 0 Å². The molecule has 0 fully saturated rings. The molecule has 80 valence electrons. The standard InChI is InChI=1S/C10H19N3O/c1-3-5-11-8-10-12-6-7-13(10)9-14-4-2/h6-7,11H,3-5,8-9H2,1-2H3. The maximum Gasteiger partial charge on any atom is 0.124 e. The first-order valence-electron chi connectivity index (χ1n) is 5.17. The number of aromatic nitrogens is 2. The Bertz CT molecular complexity index is 247. The average molecular weight is 197 g/mol. The predicted molar refractivity (Wildman–Crippen MR) is 55.9 cm³/mol. The van der Waals surface area contributed by atoms with Gasteiger partial charge in [0.1, 0.15) is 12.6 Å². The number of nitrogens with zero attached hydrogens (tertiary/aromatic N) is 2. The van der Waals surface area contributed by atoms with Gasteiger partial charge in [-0.2, -0.15) is 0 Å². The summed E-state index contributed by atoms with van der Waals surface area (Å²) in [6, 6.07) is 0. The van der Waals surface area contributed by atoms with Crippen molar-refractivity contribution in [3.8, 4) is 0 Å². The summed E-state index contributed by atoms with van der Waals surface area (Å²) in [6.45, 7) is 7.32. The van der Waals surface area contributed by atoms with Crippen LogP contribution in [0.3, 0.4) is 0 Å². The van der Waals surface area contributed by atoms with Crippen LogP contribution in [0.4, 0.5) is 0 Å². The molecule has 0 atom stereocenters. The summed E-state index contributed by atoms with van der Waals surface area (Å²) in [5.41, 5.74) is 0. The monoisotopic (exact) mass is 197 g/mol. The lowest BCUT2D eigenvalue weighted by molar-refractivity contribution is 0.0855. The number of nitrogens with one attached hydrogen (secondary N) is 1. The highest BCUT2D eigenvalue weighted by Crippen LogP contribution is 1.97. The van der Waals surface area contributed by atoms with E-state index >= 15 is 0 Å². The molecule has 4 nitrogen and oxygen atoms in total. The predicted octanol–water partition coefficient (Wildman–Crippen LogP) is 1.38. The lowest BCUT2D eigenvalue weighted by Gasteiger charge is -2.07. The van der Waals surface area contributed by atoms with Gasteiger partial charge in [-0.15, -0.1) is 0 Å². The Labute approximate surface area is 85.3 Å². The van der Waals surface area contributed by atoms with Gasteiger partial charge in [0, 0.05) is 19.0 Å². The van der Waals surface area contributed by atoms with Crippen molar-refractivity contribution in [2.75, 3.05) is 13.2 Å². The highest BCUT2D eigenvalue weighted by molar-refractivity contribution is 4.90. The minimum Gasteiger partial charge on any atom is -0.361 e. The Morgan fingerprint density at radius 3 is 3.07 bits per heavy atom. The first-order valence-corrected chi connectivity index (χ1v) is 5.17. The van der Waals surface area contributed by atoms with E-state index in [0.29, 0.717) is 6.73 Å². The fourth-order valence-corrected chi connectivity index (χ4v) is 1.19. The van der Waals surface area contributed by atoms with Crippen LogP contribution >= 0.6 is 0 Å². The highest BCUT2D eigenvalue weighted by Gasteiger charge is 2.00. The number of hydrogen-bond donors (Lipinski definition) is 1. The topological polar surface area (TPSA) is 39.1 Å². The summed E-state index contributed by atoms with van der Waals surface area (Å²) in [5, 5.41) is 3.32. The third kappa shape index (κ3) is 3.47. The first-order chi connectivity index (χ1) is 6.88. The summed E-state index contributed by atoms with van der Waals surface area (Å²) in [5.74, 6) is 1.03. The van der Waals surface area contributed by atoms with Crippen molar-refractivity contribution < 1.29 is 4.74 Å². The summed E-state index contributed by atoms with van der Waals surface area (Å²) in [4.78, 5) is 4.26. The van der Waals surface area contributed by atoms with Crippen LogP contribution in [0, 0.1) is 0 Å². The van der Waals surface area contributed by atoms with Crippen molar-refractivity contribution in [1.82, 2.24) is 14.9 Å². The van der Waals surface area contributed by atoms with Gasteiger partial charge in [-0.05, 0) is 19.9 Å². The van der Waals surface area contributed by atoms with Crippen LogP contribution in [-0.4, -0.2) is 22.7 Å². The second-order valence-corrected chi connectivity index (χ2v) is 3.11. The molecule has 1 heterocycles. The van der Waals surface area contributed by atoms with Gasteiger partial charge in [-0.25, -0.2) is 4.98 Å². The van der Waals surface area contributed by atoms with Crippen molar-refractivity contribution in [3.05, 3.63) is 18.2 Å². The summed E-state index contributed by atoms with van der Waals surface area (Å²) >= 11 is 0. The summed E-state index contributed by atoms with van der Waals surface area (Å²) in [6.07, 6.45) is 4.90. The zero-order chi connectivity index (χ0) is 10.2. The second kappa shape index (κ2) is 6.56. The minimum absolute atomic E-state index is 0.597.